The van der Waals surface area contributed by atoms with Gasteiger partial charge in [0.1, 0.15) is 0 Å². The fraction of sp³-hybridized carbons (Fsp3) is 0.120. The number of carbonyl (C=O) groups is 2. The molecule has 0 atom stereocenters. The largest absolute Gasteiger partial charge is 0.322 e. The number of amides is 3. The molecule has 3 amide bonds. The van der Waals surface area contributed by atoms with Crippen molar-refractivity contribution in [3.63, 3.8) is 0 Å². The molecule has 0 saturated heterocycles. The summed E-state index contributed by atoms with van der Waals surface area (Å²) in [5.41, 5.74) is 5.64. The summed E-state index contributed by atoms with van der Waals surface area (Å²) in [5.74, 6) is -0.225. The van der Waals surface area contributed by atoms with Crippen LogP contribution in [-0.2, 0) is 13.1 Å². The van der Waals surface area contributed by atoms with Gasteiger partial charge < -0.3 is 15.5 Å². The maximum atomic E-state index is 12.7. The third kappa shape index (κ3) is 4.45. The van der Waals surface area contributed by atoms with Crippen LogP contribution >= 0.6 is 0 Å². The Bertz CT molecular complexity index is 1320. The Morgan fingerprint density at radius 3 is 2.45 bits per heavy atom. The second kappa shape index (κ2) is 8.58. The van der Waals surface area contributed by atoms with Crippen molar-refractivity contribution in [2.75, 3.05) is 10.6 Å². The zero-order valence-electron chi connectivity index (χ0n) is 18.0. The molecule has 8 nitrogen and oxygen atoms in total. The molecule has 8 heteroatoms. The van der Waals surface area contributed by atoms with Crippen LogP contribution in [0.4, 0.5) is 16.2 Å². The number of rotatable bonds is 4. The van der Waals surface area contributed by atoms with Gasteiger partial charge in [0.25, 0.3) is 5.91 Å². The second-order valence-corrected chi connectivity index (χ2v) is 7.92. The number of hydrogen-bond acceptors (Lipinski definition) is 4. The van der Waals surface area contributed by atoms with Crippen molar-refractivity contribution in [2.24, 2.45) is 0 Å². The summed E-state index contributed by atoms with van der Waals surface area (Å²) in [6, 6.07) is 18.6. The highest BCUT2D eigenvalue weighted by Gasteiger charge is 2.23. The summed E-state index contributed by atoms with van der Waals surface area (Å²) in [4.78, 5) is 31.3. The van der Waals surface area contributed by atoms with Gasteiger partial charge in [-0.15, -0.1) is 0 Å². The minimum Gasteiger partial charge on any atom is -0.322 e. The minimum absolute atomic E-state index is 0.175. The lowest BCUT2D eigenvalue weighted by atomic mass is 10.1. The third-order valence-corrected chi connectivity index (χ3v) is 5.49. The molecule has 33 heavy (non-hydrogen) atoms. The Kier molecular flexibility index (Phi) is 5.32. The molecule has 3 heterocycles. The SMILES string of the molecule is Cc1cc(NC(=O)c2cccc(-n3cc(NC(=O)N4Cc5ccccc5C4)cn3)c2)ccn1. The third-order valence-electron chi connectivity index (χ3n) is 5.49. The van der Waals surface area contributed by atoms with Crippen molar-refractivity contribution in [3.8, 4) is 5.69 Å². The predicted molar refractivity (Wildman–Crippen MR) is 125 cm³/mol. The van der Waals surface area contributed by atoms with Gasteiger partial charge in [-0.2, -0.15) is 5.10 Å². The first-order valence-electron chi connectivity index (χ1n) is 10.6. The van der Waals surface area contributed by atoms with Crippen molar-refractivity contribution in [1.82, 2.24) is 19.7 Å². The lowest BCUT2D eigenvalue weighted by Crippen LogP contribution is -2.30. The number of carbonyl (C=O) groups excluding carboxylic acids is 2. The summed E-state index contributed by atoms with van der Waals surface area (Å²) in [7, 11) is 0. The molecule has 1 aliphatic rings. The van der Waals surface area contributed by atoms with E-state index in [1.165, 1.54) is 11.1 Å². The number of hydrogen-bond donors (Lipinski definition) is 2. The van der Waals surface area contributed by atoms with Crippen molar-refractivity contribution in [1.29, 1.82) is 0 Å². The van der Waals surface area contributed by atoms with E-state index in [4.69, 9.17) is 0 Å². The first-order chi connectivity index (χ1) is 16.0. The molecule has 0 radical (unpaired) electrons. The number of urea groups is 1. The zero-order chi connectivity index (χ0) is 22.8. The van der Waals surface area contributed by atoms with E-state index in [0.29, 0.717) is 35.7 Å². The Hall–Kier alpha value is -4.46. The van der Waals surface area contributed by atoms with Crippen LogP contribution in [-0.4, -0.2) is 31.6 Å². The summed E-state index contributed by atoms with van der Waals surface area (Å²) < 4.78 is 1.63. The van der Waals surface area contributed by atoms with Crippen LogP contribution in [0.15, 0.2) is 79.3 Å². The molecule has 164 valence electrons. The number of aryl methyl sites for hydroxylation is 1. The van der Waals surface area contributed by atoms with Crippen LogP contribution in [0.1, 0.15) is 27.2 Å². The molecule has 0 unspecified atom stereocenters. The molecule has 0 aliphatic carbocycles. The lowest BCUT2D eigenvalue weighted by Gasteiger charge is -2.15. The van der Waals surface area contributed by atoms with E-state index in [2.05, 4.69) is 20.7 Å². The highest BCUT2D eigenvalue weighted by atomic mass is 16.2. The molecular weight excluding hydrogens is 416 g/mol. The van der Waals surface area contributed by atoms with E-state index in [1.54, 1.807) is 52.4 Å². The van der Waals surface area contributed by atoms with Crippen molar-refractivity contribution >= 4 is 23.3 Å². The predicted octanol–water partition coefficient (Wildman–Crippen LogP) is 4.38. The molecule has 2 N–H and O–H groups in total. The van der Waals surface area contributed by atoms with Gasteiger partial charge in [-0.25, -0.2) is 9.48 Å². The molecule has 4 aromatic rings. The summed E-state index contributed by atoms with van der Waals surface area (Å²) >= 11 is 0. The van der Waals surface area contributed by atoms with Crippen LogP contribution in [0.3, 0.4) is 0 Å². The number of nitrogens with zero attached hydrogens (tertiary/aromatic N) is 4. The molecule has 0 spiro atoms. The number of benzene rings is 2. The van der Waals surface area contributed by atoms with Crippen molar-refractivity contribution < 1.29 is 9.59 Å². The quantitative estimate of drug-likeness (QED) is 0.495. The van der Waals surface area contributed by atoms with E-state index >= 15 is 0 Å². The molecule has 2 aromatic carbocycles. The number of aromatic nitrogens is 3. The lowest BCUT2D eigenvalue weighted by molar-refractivity contribution is 0.102. The zero-order valence-corrected chi connectivity index (χ0v) is 18.0. The molecule has 0 bridgehead atoms. The number of nitrogens with one attached hydrogen (secondary N) is 2. The first-order valence-corrected chi connectivity index (χ1v) is 10.6. The summed E-state index contributed by atoms with van der Waals surface area (Å²) in [6.45, 7) is 3.04. The van der Waals surface area contributed by atoms with Crippen LogP contribution in [0.25, 0.3) is 5.69 Å². The standard InChI is InChI=1S/C25H22N6O2/c1-17-11-21(9-10-26-17)28-24(32)18-7-4-8-23(12-18)31-16-22(13-27-31)29-25(33)30-14-19-5-2-3-6-20(19)15-30/h2-13,16H,14-15H2,1H3,(H,29,33)(H,26,28,32). The Labute approximate surface area is 190 Å². The van der Waals surface area contributed by atoms with Gasteiger partial charge in [-0.3, -0.25) is 9.78 Å². The minimum atomic E-state index is -0.225. The van der Waals surface area contributed by atoms with Gasteiger partial charge in [-0.1, -0.05) is 30.3 Å². The summed E-state index contributed by atoms with van der Waals surface area (Å²) in [6.07, 6.45) is 4.97. The Balaban J connectivity index is 1.26. The topological polar surface area (TPSA) is 92.2 Å². The highest BCUT2D eigenvalue weighted by Crippen LogP contribution is 2.23. The number of pyridine rings is 1. The van der Waals surface area contributed by atoms with Gasteiger partial charge in [0.15, 0.2) is 0 Å². The smallest absolute Gasteiger partial charge is 0.322 e. The molecule has 0 fully saturated rings. The fourth-order valence-electron chi connectivity index (χ4n) is 3.82. The molecule has 1 aliphatic heterocycles. The summed E-state index contributed by atoms with van der Waals surface area (Å²) in [5, 5.41) is 10.1. The number of anilines is 2. The van der Waals surface area contributed by atoms with E-state index < -0.39 is 0 Å². The van der Waals surface area contributed by atoms with Crippen molar-refractivity contribution in [3.05, 3.63) is 102 Å². The van der Waals surface area contributed by atoms with E-state index in [-0.39, 0.29) is 11.9 Å². The van der Waals surface area contributed by atoms with E-state index in [9.17, 15) is 9.59 Å². The Morgan fingerprint density at radius 2 is 1.70 bits per heavy atom. The Morgan fingerprint density at radius 1 is 0.909 bits per heavy atom. The van der Waals surface area contributed by atoms with Gasteiger partial charge in [-0.05, 0) is 48.4 Å². The number of fused-ring (bicyclic) bond motifs is 1. The first kappa shape index (κ1) is 20.4. The average molecular weight is 438 g/mol. The molecule has 0 saturated carbocycles. The van der Waals surface area contributed by atoms with E-state index in [1.807, 2.05) is 43.3 Å². The van der Waals surface area contributed by atoms with Crippen LogP contribution in [0, 0.1) is 6.92 Å². The van der Waals surface area contributed by atoms with Crippen molar-refractivity contribution in [2.45, 2.75) is 20.0 Å². The van der Waals surface area contributed by atoms with E-state index in [0.717, 1.165) is 5.69 Å². The van der Waals surface area contributed by atoms with Crippen LogP contribution in [0.2, 0.25) is 0 Å². The molecule has 5 rings (SSSR count). The van der Waals surface area contributed by atoms with Gasteiger partial charge in [0.05, 0.1) is 23.8 Å². The second-order valence-electron chi connectivity index (χ2n) is 7.92. The molecular formula is C25H22N6O2. The van der Waals surface area contributed by atoms with Gasteiger partial charge in [0.2, 0.25) is 0 Å². The maximum Gasteiger partial charge on any atom is 0.322 e. The highest BCUT2D eigenvalue weighted by molar-refractivity contribution is 6.04. The maximum absolute atomic E-state index is 12.7. The molecule has 2 aromatic heterocycles. The average Bonchev–Trinajstić information content (AvgIpc) is 3.46. The monoisotopic (exact) mass is 438 g/mol. The van der Waals surface area contributed by atoms with Gasteiger partial charge in [0, 0.05) is 36.2 Å². The normalized spacial score (nSPS) is 12.3. The van der Waals surface area contributed by atoms with Crippen LogP contribution < -0.4 is 10.6 Å². The van der Waals surface area contributed by atoms with Gasteiger partial charge >= 0.3 is 6.03 Å². The van der Waals surface area contributed by atoms with Crippen LogP contribution in [0.5, 0.6) is 0 Å². The fourth-order valence-corrected chi connectivity index (χ4v) is 3.82.